The van der Waals surface area contributed by atoms with Gasteiger partial charge in [0.05, 0.1) is 0 Å². The van der Waals surface area contributed by atoms with Gasteiger partial charge in [-0.3, -0.25) is 14.4 Å². The minimum atomic E-state index is -0.471. The highest BCUT2D eigenvalue weighted by Gasteiger charge is 2.38. The van der Waals surface area contributed by atoms with Crippen LogP contribution < -0.4 is 5.32 Å². The van der Waals surface area contributed by atoms with Crippen molar-refractivity contribution in [1.82, 2.24) is 9.80 Å². The maximum absolute atomic E-state index is 13.6. The minimum absolute atomic E-state index is 0.00327. The fraction of sp³-hybridized carbons (Fsp3) is 0.444. The van der Waals surface area contributed by atoms with Crippen LogP contribution in [0.15, 0.2) is 54.6 Å². The molecule has 2 aromatic carbocycles. The summed E-state index contributed by atoms with van der Waals surface area (Å²) in [7, 11) is 0. The van der Waals surface area contributed by atoms with E-state index in [1.165, 1.54) is 0 Å². The molecule has 0 aromatic heterocycles. The first-order chi connectivity index (χ1) is 15.9. The summed E-state index contributed by atoms with van der Waals surface area (Å²) in [6, 6.07) is 17.1. The van der Waals surface area contributed by atoms with Crippen LogP contribution in [0.5, 0.6) is 0 Å². The predicted molar refractivity (Wildman–Crippen MR) is 128 cm³/mol. The van der Waals surface area contributed by atoms with Gasteiger partial charge >= 0.3 is 0 Å². The number of nitrogens with zero attached hydrogens (tertiary/aromatic N) is 2. The van der Waals surface area contributed by atoms with E-state index in [1.807, 2.05) is 67.3 Å². The van der Waals surface area contributed by atoms with E-state index in [1.54, 1.807) is 4.90 Å². The van der Waals surface area contributed by atoms with Crippen molar-refractivity contribution < 1.29 is 14.4 Å². The van der Waals surface area contributed by atoms with E-state index < -0.39 is 6.04 Å². The number of likely N-dealkylation sites (tertiary alicyclic amines) is 1. The number of para-hydroxylation sites is 1. The molecule has 0 saturated carbocycles. The van der Waals surface area contributed by atoms with Gasteiger partial charge in [-0.2, -0.15) is 0 Å². The van der Waals surface area contributed by atoms with Gasteiger partial charge in [0.2, 0.25) is 17.7 Å². The van der Waals surface area contributed by atoms with Gasteiger partial charge in [0.1, 0.15) is 6.04 Å². The molecule has 6 heteroatoms. The molecule has 1 atom stereocenters. The lowest BCUT2D eigenvalue weighted by Gasteiger charge is -2.40. The molecule has 1 N–H and O–H groups in total. The number of carbonyl (C=O) groups is 3. The zero-order valence-corrected chi connectivity index (χ0v) is 19.5. The summed E-state index contributed by atoms with van der Waals surface area (Å²) < 4.78 is 0. The van der Waals surface area contributed by atoms with Crippen LogP contribution in [-0.2, 0) is 27.3 Å². The van der Waals surface area contributed by atoms with Gasteiger partial charge in [-0.05, 0) is 42.0 Å². The first-order valence-electron chi connectivity index (χ1n) is 11.9. The zero-order chi connectivity index (χ0) is 23.4. The number of piperidine rings is 1. The van der Waals surface area contributed by atoms with Gasteiger partial charge in [-0.15, -0.1) is 0 Å². The topological polar surface area (TPSA) is 69.7 Å². The second kappa shape index (κ2) is 10.2. The van der Waals surface area contributed by atoms with Gasteiger partial charge < -0.3 is 15.1 Å². The molecule has 1 unspecified atom stereocenters. The first-order valence-corrected chi connectivity index (χ1v) is 11.9. The molecule has 6 nitrogen and oxygen atoms in total. The fourth-order valence-electron chi connectivity index (χ4n) is 4.81. The number of anilines is 1. The number of carbonyl (C=O) groups excluding carboxylic acids is 3. The molecule has 0 bridgehead atoms. The summed E-state index contributed by atoms with van der Waals surface area (Å²) in [5, 5.41) is 2.97. The van der Waals surface area contributed by atoms with E-state index in [0.29, 0.717) is 45.3 Å². The van der Waals surface area contributed by atoms with Crippen molar-refractivity contribution in [2.75, 3.05) is 18.4 Å². The van der Waals surface area contributed by atoms with Crippen molar-refractivity contribution in [2.24, 2.45) is 11.8 Å². The van der Waals surface area contributed by atoms with E-state index >= 15 is 0 Å². The molecule has 2 aromatic rings. The second-order valence-corrected chi connectivity index (χ2v) is 9.56. The Hall–Kier alpha value is -3.15. The zero-order valence-electron chi connectivity index (χ0n) is 19.5. The monoisotopic (exact) mass is 447 g/mol. The fourth-order valence-corrected chi connectivity index (χ4v) is 4.81. The third-order valence-corrected chi connectivity index (χ3v) is 6.66. The van der Waals surface area contributed by atoms with Crippen molar-refractivity contribution in [1.29, 1.82) is 0 Å². The largest absolute Gasteiger partial charge is 0.341 e. The van der Waals surface area contributed by atoms with Crippen LogP contribution in [0.1, 0.15) is 44.2 Å². The number of hydrogen-bond donors (Lipinski definition) is 1. The highest BCUT2D eigenvalue weighted by Crippen LogP contribution is 2.28. The number of benzene rings is 2. The van der Waals surface area contributed by atoms with E-state index in [9.17, 15) is 14.4 Å². The molecule has 2 heterocycles. The maximum atomic E-state index is 13.6. The lowest BCUT2D eigenvalue weighted by Crippen LogP contribution is -2.55. The van der Waals surface area contributed by atoms with Gasteiger partial charge in [0, 0.05) is 44.1 Å². The summed E-state index contributed by atoms with van der Waals surface area (Å²) >= 11 is 0. The van der Waals surface area contributed by atoms with Crippen LogP contribution in [0, 0.1) is 11.8 Å². The van der Waals surface area contributed by atoms with E-state index in [0.717, 1.165) is 16.8 Å². The molecule has 3 amide bonds. The number of amides is 3. The van der Waals surface area contributed by atoms with Crippen molar-refractivity contribution in [3.63, 3.8) is 0 Å². The van der Waals surface area contributed by atoms with Gasteiger partial charge in [0.15, 0.2) is 0 Å². The summed E-state index contributed by atoms with van der Waals surface area (Å²) in [5.41, 5.74) is 3.05. The Kier molecular flexibility index (Phi) is 7.11. The number of hydrogen-bond acceptors (Lipinski definition) is 3. The minimum Gasteiger partial charge on any atom is -0.341 e. The van der Waals surface area contributed by atoms with E-state index in [4.69, 9.17) is 0 Å². The summed E-state index contributed by atoms with van der Waals surface area (Å²) in [6.45, 7) is 5.61. The lowest BCUT2D eigenvalue weighted by atomic mass is 9.90. The number of rotatable bonds is 5. The molecule has 0 radical (unpaired) electrons. The number of fused-ring (bicyclic) bond motifs is 1. The third-order valence-electron chi connectivity index (χ3n) is 6.66. The van der Waals surface area contributed by atoms with Crippen molar-refractivity contribution in [3.05, 3.63) is 65.7 Å². The van der Waals surface area contributed by atoms with Gasteiger partial charge in [-0.1, -0.05) is 56.3 Å². The Morgan fingerprint density at radius 3 is 2.24 bits per heavy atom. The number of nitrogens with one attached hydrogen (secondary N) is 1. The molecule has 2 aliphatic rings. The van der Waals surface area contributed by atoms with Crippen LogP contribution in [0.4, 0.5) is 5.69 Å². The van der Waals surface area contributed by atoms with Crippen molar-refractivity contribution >= 4 is 23.4 Å². The molecular weight excluding hydrogens is 414 g/mol. The molecule has 0 aliphatic carbocycles. The molecule has 33 heavy (non-hydrogen) atoms. The maximum Gasteiger partial charge on any atom is 0.245 e. The Morgan fingerprint density at radius 1 is 0.939 bits per heavy atom. The molecular formula is C27H33N3O3. The molecule has 1 fully saturated rings. The Labute approximate surface area is 196 Å². The summed E-state index contributed by atoms with van der Waals surface area (Å²) in [4.78, 5) is 42.9. The standard InChI is InChI=1S/C27H33N3O3/c1-19(2)16-25(31)30-18-22-9-7-6-8-21(22)17-24(30)27(33)29-14-12-20(13-15-29)26(32)28-23-10-4-3-5-11-23/h3-11,19-20,24H,12-18H2,1-2H3,(H,28,32). The lowest BCUT2D eigenvalue weighted by molar-refractivity contribution is -0.148. The van der Waals surface area contributed by atoms with Crippen LogP contribution >= 0.6 is 0 Å². The van der Waals surface area contributed by atoms with Crippen LogP contribution in [0.25, 0.3) is 0 Å². The smallest absolute Gasteiger partial charge is 0.245 e. The molecule has 4 rings (SSSR count). The van der Waals surface area contributed by atoms with Crippen LogP contribution in [0.2, 0.25) is 0 Å². The average Bonchev–Trinajstić information content (AvgIpc) is 2.83. The average molecular weight is 448 g/mol. The van der Waals surface area contributed by atoms with Crippen molar-refractivity contribution in [3.8, 4) is 0 Å². The highest BCUT2D eigenvalue weighted by molar-refractivity contribution is 5.93. The van der Waals surface area contributed by atoms with Crippen LogP contribution in [0.3, 0.4) is 0 Å². The normalized spacial score (nSPS) is 18.7. The predicted octanol–water partition coefficient (Wildman–Crippen LogP) is 3.86. The highest BCUT2D eigenvalue weighted by atomic mass is 16.2. The van der Waals surface area contributed by atoms with Crippen LogP contribution in [-0.4, -0.2) is 46.7 Å². The van der Waals surface area contributed by atoms with Gasteiger partial charge in [-0.25, -0.2) is 0 Å². The van der Waals surface area contributed by atoms with Gasteiger partial charge in [0.25, 0.3) is 0 Å². The SMILES string of the molecule is CC(C)CC(=O)N1Cc2ccccc2CC1C(=O)N1CCC(C(=O)Nc2ccccc2)CC1. The van der Waals surface area contributed by atoms with Crippen molar-refractivity contribution in [2.45, 2.75) is 52.1 Å². The Balaban J connectivity index is 1.41. The summed E-state index contributed by atoms with van der Waals surface area (Å²) in [5.74, 6) is 0.177. The molecule has 174 valence electrons. The Bertz CT molecular complexity index is 997. The molecule has 1 saturated heterocycles. The summed E-state index contributed by atoms with van der Waals surface area (Å²) in [6.07, 6.45) is 2.25. The third kappa shape index (κ3) is 5.44. The van der Waals surface area contributed by atoms with E-state index in [2.05, 4.69) is 11.4 Å². The first kappa shape index (κ1) is 23.0. The Morgan fingerprint density at radius 2 is 1.58 bits per heavy atom. The molecule has 2 aliphatic heterocycles. The van der Waals surface area contributed by atoms with E-state index in [-0.39, 0.29) is 29.6 Å². The molecule has 0 spiro atoms. The second-order valence-electron chi connectivity index (χ2n) is 9.56. The quantitative estimate of drug-likeness (QED) is 0.757.